The second-order valence-electron chi connectivity index (χ2n) is 4.72. The first-order chi connectivity index (χ1) is 9.34. The number of carbonyl (C=O) groups is 1. The van der Waals surface area contributed by atoms with Crippen molar-refractivity contribution >= 4 is 22.8 Å². The number of aromatic nitrogens is 3. The smallest absolute Gasteiger partial charge is 0.222 e. The molecule has 0 bridgehead atoms. The highest BCUT2D eigenvalue weighted by Gasteiger charge is 2.18. The van der Waals surface area contributed by atoms with Crippen molar-refractivity contribution in [1.82, 2.24) is 19.9 Å². The summed E-state index contributed by atoms with van der Waals surface area (Å²) in [7, 11) is 0. The average Bonchev–Trinajstić information content (AvgIpc) is 3.04. The van der Waals surface area contributed by atoms with E-state index in [0.29, 0.717) is 6.42 Å². The molecule has 1 fully saturated rings. The van der Waals surface area contributed by atoms with Crippen LogP contribution in [0.4, 0.5) is 5.82 Å². The molecular formula is C13H17N5O. The lowest BCUT2D eigenvalue weighted by Crippen LogP contribution is -2.27. The largest absolute Gasteiger partial charge is 0.368 e. The minimum absolute atomic E-state index is 0.286. The van der Waals surface area contributed by atoms with E-state index in [4.69, 9.17) is 0 Å². The Balaban J connectivity index is 1.52. The van der Waals surface area contributed by atoms with E-state index in [1.54, 1.807) is 6.33 Å². The topological polar surface area (TPSA) is 73.9 Å². The molecule has 3 rings (SSSR count). The summed E-state index contributed by atoms with van der Waals surface area (Å²) in [6.45, 7) is 2.53. The minimum Gasteiger partial charge on any atom is -0.368 e. The highest BCUT2D eigenvalue weighted by molar-refractivity contribution is 5.85. The molecule has 100 valence electrons. The Morgan fingerprint density at radius 1 is 1.42 bits per heavy atom. The van der Waals surface area contributed by atoms with Crippen molar-refractivity contribution in [2.45, 2.75) is 19.3 Å². The molecular weight excluding hydrogens is 242 g/mol. The maximum Gasteiger partial charge on any atom is 0.222 e. The van der Waals surface area contributed by atoms with Gasteiger partial charge in [0.2, 0.25) is 5.91 Å². The number of H-pyrrole nitrogens is 1. The van der Waals surface area contributed by atoms with Crippen molar-refractivity contribution in [2.75, 3.05) is 25.0 Å². The zero-order chi connectivity index (χ0) is 13.1. The molecule has 3 heterocycles. The molecule has 1 saturated heterocycles. The molecule has 0 radical (unpaired) electrons. The van der Waals surface area contributed by atoms with E-state index < -0.39 is 0 Å². The molecule has 0 saturated carbocycles. The SMILES string of the molecule is O=C1CCCN1CCCNc1ncnc2cc[nH]c12. The number of hydrogen-bond acceptors (Lipinski definition) is 4. The van der Waals surface area contributed by atoms with Gasteiger partial charge < -0.3 is 15.2 Å². The number of likely N-dealkylation sites (tertiary alicyclic amines) is 1. The van der Waals surface area contributed by atoms with Gasteiger partial charge in [-0.15, -0.1) is 0 Å². The number of fused-ring (bicyclic) bond motifs is 1. The standard InChI is InChI=1S/C13H17N5O/c19-11-3-1-7-18(11)8-2-5-15-13-12-10(4-6-14-12)16-9-17-13/h4,6,9,14H,1-3,5,7-8H2,(H,15,16,17). The quantitative estimate of drug-likeness (QED) is 0.796. The average molecular weight is 259 g/mol. The first kappa shape index (κ1) is 12.0. The van der Waals surface area contributed by atoms with Crippen molar-refractivity contribution in [1.29, 1.82) is 0 Å². The summed E-state index contributed by atoms with van der Waals surface area (Å²) >= 11 is 0. The van der Waals surface area contributed by atoms with Crippen molar-refractivity contribution in [2.24, 2.45) is 0 Å². The van der Waals surface area contributed by atoms with Gasteiger partial charge in [0.1, 0.15) is 11.8 Å². The van der Waals surface area contributed by atoms with Crippen LogP contribution in [0.3, 0.4) is 0 Å². The number of nitrogens with one attached hydrogen (secondary N) is 2. The Morgan fingerprint density at radius 3 is 3.21 bits per heavy atom. The number of aromatic amines is 1. The first-order valence-corrected chi connectivity index (χ1v) is 6.64. The molecule has 1 aliphatic heterocycles. The predicted molar refractivity (Wildman–Crippen MR) is 72.8 cm³/mol. The third kappa shape index (κ3) is 2.52. The molecule has 1 aliphatic rings. The zero-order valence-corrected chi connectivity index (χ0v) is 10.7. The molecule has 0 atom stereocenters. The van der Waals surface area contributed by atoms with Crippen LogP contribution >= 0.6 is 0 Å². The monoisotopic (exact) mass is 259 g/mol. The van der Waals surface area contributed by atoms with Crippen molar-refractivity contribution in [3.8, 4) is 0 Å². The van der Waals surface area contributed by atoms with E-state index in [9.17, 15) is 4.79 Å². The van der Waals surface area contributed by atoms with Crippen LogP contribution in [0.5, 0.6) is 0 Å². The van der Waals surface area contributed by atoms with Gasteiger partial charge in [0, 0.05) is 32.3 Å². The van der Waals surface area contributed by atoms with Crippen LogP contribution < -0.4 is 5.32 Å². The van der Waals surface area contributed by atoms with Gasteiger partial charge in [-0.1, -0.05) is 0 Å². The van der Waals surface area contributed by atoms with Gasteiger partial charge in [0.15, 0.2) is 5.82 Å². The number of hydrogen-bond donors (Lipinski definition) is 2. The number of carbonyl (C=O) groups excluding carboxylic acids is 1. The summed E-state index contributed by atoms with van der Waals surface area (Å²) in [6.07, 6.45) is 6.05. The fourth-order valence-corrected chi connectivity index (χ4v) is 2.42. The number of nitrogens with zero attached hydrogens (tertiary/aromatic N) is 3. The van der Waals surface area contributed by atoms with Gasteiger partial charge in [-0.3, -0.25) is 4.79 Å². The Bertz CT molecular complexity index is 579. The summed E-state index contributed by atoms with van der Waals surface area (Å²) < 4.78 is 0. The van der Waals surface area contributed by atoms with Crippen LogP contribution in [0.25, 0.3) is 11.0 Å². The van der Waals surface area contributed by atoms with Crippen LogP contribution in [-0.2, 0) is 4.79 Å². The van der Waals surface area contributed by atoms with Crippen molar-refractivity contribution in [3.05, 3.63) is 18.6 Å². The molecule has 6 nitrogen and oxygen atoms in total. The second kappa shape index (κ2) is 5.26. The maximum atomic E-state index is 11.5. The third-order valence-electron chi connectivity index (χ3n) is 3.41. The summed E-state index contributed by atoms with van der Waals surface area (Å²) in [6, 6.07) is 1.92. The molecule has 6 heteroatoms. The molecule has 0 aliphatic carbocycles. The van der Waals surface area contributed by atoms with Crippen LogP contribution in [0, 0.1) is 0 Å². The van der Waals surface area contributed by atoms with Gasteiger partial charge in [0.25, 0.3) is 0 Å². The number of anilines is 1. The lowest BCUT2D eigenvalue weighted by atomic mass is 10.3. The molecule has 0 unspecified atom stereocenters. The fourth-order valence-electron chi connectivity index (χ4n) is 2.42. The number of rotatable bonds is 5. The summed E-state index contributed by atoms with van der Waals surface area (Å²) in [4.78, 5) is 24.9. The van der Waals surface area contributed by atoms with E-state index in [0.717, 1.165) is 49.3 Å². The van der Waals surface area contributed by atoms with Gasteiger partial charge in [0.05, 0.1) is 5.52 Å². The highest BCUT2D eigenvalue weighted by atomic mass is 16.2. The third-order valence-corrected chi connectivity index (χ3v) is 3.41. The predicted octanol–water partition coefficient (Wildman–Crippen LogP) is 1.38. The summed E-state index contributed by atoms with van der Waals surface area (Å²) in [5, 5.41) is 3.29. The zero-order valence-electron chi connectivity index (χ0n) is 10.7. The second-order valence-corrected chi connectivity index (χ2v) is 4.72. The normalized spacial score (nSPS) is 15.4. The van der Waals surface area contributed by atoms with E-state index in [1.165, 1.54) is 0 Å². The lowest BCUT2D eigenvalue weighted by molar-refractivity contribution is -0.127. The molecule has 2 aromatic heterocycles. The Kier molecular flexibility index (Phi) is 3.31. The van der Waals surface area contributed by atoms with E-state index in [-0.39, 0.29) is 5.91 Å². The Labute approximate surface area is 111 Å². The number of amides is 1. The minimum atomic E-state index is 0.286. The molecule has 0 spiro atoms. The van der Waals surface area contributed by atoms with E-state index in [2.05, 4.69) is 20.3 Å². The molecule has 0 aromatic carbocycles. The highest BCUT2D eigenvalue weighted by Crippen LogP contribution is 2.16. The van der Waals surface area contributed by atoms with E-state index in [1.807, 2.05) is 17.2 Å². The fraction of sp³-hybridized carbons (Fsp3) is 0.462. The van der Waals surface area contributed by atoms with E-state index >= 15 is 0 Å². The molecule has 1 amide bonds. The van der Waals surface area contributed by atoms with Crippen molar-refractivity contribution in [3.63, 3.8) is 0 Å². The van der Waals surface area contributed by atoms with Crippen LogP contribution in [0.1, 0.15) is 19.3 Å². The summed E-state index contributed by atoms with van der Waals surface area (Å²) in [5.74, 6) is 1.11. The van der Waals surface area contributed by atoms with Crippen LogP contribution in [-0.4, -0.2) is 45.4 Å². The Hall–Kier alpha value is -2.11. The van der Waals surface area contributed by atoms with Gasteiger partial charge >= 0.3 is 0 Å². The van der Waals surface area contributed by atoms with Gasteiger partial charge in [-0.05, 0) is 18.9 Å². The lowest BCUT2D eigenvalue weighted by Gasteiger charge is -2.15. The molecule has 2 aromatic rings. The van der Waals surface area contributed by atoms with Crippen molar-refractivity contribution < 1.29 is 4.79 Å². The van der Waals surface area contributed by atoms with Crippen LogP contribution in [0.2, 0.25) is 0 Å². The van der Waals surface area contributed by atoms with Gasteiger partial charge in [-0.25, -0.2) is 9.97 Å². The van der Waals surface area contributed by atoms with Gasteiger partial charge in [-0.2, -0.15) is 0 Å². The first-order valence-electron chi connectivity index (χ1n) is 6.64. The summed E-state index contributed by atoms with van der Waals surface area (Å²) in [5.41, 5.74) is 1.84. The van der Waals surface area contributed by atoms with Crippen LogP contribution in [0.15, 0.2) is 18.6 Å². The molecule has 19 heavy (non-hydrogen) atoms. The molecule has 2 N–H and O–H groups in total. The maximum absolute atomic E-state index is 11.5. The Morgan fingerprint density at radius 2 is 2.37 bits per heavy atom.